The number of halogens is 1. The van der Waals surface area contributed by atoms with Gasteiger partial charge in [0, 0.05) is 24.6 Å². The lowest BCUT2D eigenvalue weighted by molar-refractivity contribution is 0.0848. The summed E-state index contributed by atoms with van der Waals surface area (Å²) in [5, 5.41) is 3.58. The molecule has 15 heavy (non-hydrogen) atoms. The van der Waals surface area contributed by atoms with Crippen molar-refractivity contribution in [1.82, 2.24) is 5.32 Å². The van der Waals surface area contributed by atoms with Crippen molar-refractivity contribution < 1.29 is 4.74 Å². The highest BCUT2D eigenvalue weighted by Gasteiger charge is 2.26. The number of thiophene rings is 1. The molecular formula is C11H16BrNOS. The highest BCUT2D eigenvalue weighted by molar-refractivity contribution is 9.11. The summed E-state index contributed by atoms with van der Waals surface area (Å²) in [7, 11) is 1.81. The van der Waals surface area contributed by atoms with Crippen LogP contribution in [0.2, 0.25) is 0 Å². The highest BCUT2D eigenvalue weighted by Crippen LogP contribution is 2.24. The Labute approximate surface area is 103 Å². The monoisotopic (exact) mass is 289 g/mol. The first-order chi connectivity index (χ1) is 7.29. The summed E-state index contributed by atoms with van der Waals surface area (Å²) in [5.74, 6) is 0. The zero-order chi connectivity index (χ0) is 10.7. The number of methoxy groups -OCH3 is 1. The quantitative estimate of drug-likeness (QED) is 0.919. The van der Waals surface area contributed by atoms with Gasteiger partial charge >= 0.3 is 0 Å². The van der Waals surface area contributed by atoms with Crippen molar-refractivity contribution in [3.05, 3.63) is 20.8 Å². The molecule has 84 valence electrons. The number of rotatable bonds is 4. The third-order valence-electron chi connectivity index (χ3n) is 2.92. The van der Waals surface area contributed by atoms with Gasteiger partial charge in [-0.1, -0.05) is 0 Å². The summed E-state index contributed by atoms with van der Waals surface area (Å²) < 4.78 is 6.65. The topological polar surface area (TPSA) is 21.3 Å². The molecule has 1 aromatic rings. The predicted molar refractivity (Wildman–Crippen MR) is 67.3 cm³/mol. The van der Waals surface area contributed by atoms with E-state index < -0.39 is 0 Å². The number of ether oxygens (including phenoxy) is 1. The van der Waals surface area contributed by atoms with Gasteiger partial charge in [0.2, 0.25) is 0 Å². The predicted octanol–water partition coefficient (Wildman–Crippen LogP) is 3.17. The van der Waals surface area contributed by atoms with Crippen molar-refractivity contribution in [2.75, 3.05) is 7.11 Å². The van der Waals surface area contributed by atoms with Crippen LogP contribution in [0.25, 0.3) is 0 Å². The Bertz CT molecular complexity index is 315. The molecule has 0 bridgehead atoms. The Kier molecular flexibility index (Phi) is 4.20. The first-order valence-electron chi connectivity index (χ1n) is 5.30. The van der Waals surface area contributed by atoms with Crippen molar-refractivity contribution in [3.8, 4) is 0 Å². The lowest BCUT2D eigenvalue weighted by Crippen LogP contribution is -2.36. The first-order valence-corrected chi connectivity index (χ1v) is 6.91. The molecule has 1 saturated carbocycles. The van der Waals surface area contributed by atoms with Gasteiger partial charge in [0.25, 0.3) is 0 Å². The van der Waals surface area contributed by atoms with Gasteiger partial charge in [0.15, 0.2) is 0 Å². The van der Waals surface area contributed by atoms with E-state index in [0.29, 0.717) is 12.1 Å². The molecule has 1 aromatic heterocycles. The van der Waals surface area contributed by atoms with E-state index in [1.165, 1.54) is 27.9 Å². The molecular weight excluding hydrogens is 274 g/mol. The Morgan fingerprint density at radius 1 is 1.53 bits per heavy atom. The van der Waals surface area contributed by atoms with Crippen LogP contribution in [0.4, 0.5) is 0 Å². The second-order valence-electron chi connectivity index (χ2n) is 3.90. The van der Waals surface area contributed by atoms with Gasteiger partial charge in [0.05, 0.1) is 9.89 Å². The standard InChI is InChI=1S/C11H16BrNOS/c1-14-10-4-2-3-9(10)13-7-8-5-6-11(12)15-8/h5-6,9-10,13H,2-4,7H2,1H3. The van der Waals surface area contributed by atoms with Gasteiger partial charge in [-0.2, -0.15) is 0 Å². The summed E-state index contributed by atoms with van der Waals surface area (Å²) >= 11 is 5.27. The summed E-state index contributed by atoms with van der Waals surface area (Å²) in [6, 6.07) is 4.80. The molecule has 2 unspecified atom stereocenters. The fourth-order valence-electron chi connectivity index (χ4n) is 2.12. The van der Waals surface area contributed by atoms with Crippen LogP contribution in [-0.4, -0.2) is 19.3 Å². The third kappa shape index (κ3) is 3.03. The van der Waals surface area contributed by atoms with Gasteiger partial charge in [-0.3, -0.25) is 0 Å². The fourth-order valence-corrected chi connectivity index (χ4v) is 3.55. The van der Waals surface area contributed by atoms with Crippen LogP contribution in [0.15, 0.2) is 15.9 Å². The van der Waals surface area contributed by atoms with Gasteiger partial charge in [-0.25, -0.2) is 0 Å². The van der Waals surface area contributed by atoms with E-state index in [0.717, 1.165) is 6.54 Å². The molecule has 0 saturated heterocycles. The minimum absolute atomic E-state index is 0.411. The molecule has 0 aliphatic heterocycles. The van der Waals surface area contributed by atoms with Crippen molar-refractivity contribution in [3.63, 3.8) is 0 Å². The van der Waals surface area contributed by atoms with Crippen LogP contribution in [-0.2, 0) is 11.3 Å². The van der Waals surface area contributed by atoms with E-state index in [9.17, 15) is 0 Å². The second-order valence-corrected chi connectivity index (χ2v) is 6.45. The largest absolute Gasteiger partial charge is 0.380 e. The van der Waals surface area contributed by atoms with Gasteiger partial charge in [-0.05, 0) is 47.3 Å². The maximum absolute atomic E-state index is 5.45. The number of nitrogens with one attached hydrogen (secondary N) is 1. The molecule has 0 radical (unpaired) electrons. The van der Waals surface area contributed by atoms with Gasteiger partial charge in [-0.15, -0.1) is 11.3 Å². The first kappa shape index (κ1) is 11.6. The molecule has 0 amide bonds. The molecule has 1 heterocycles. The molecule has 2 nitrogen and oxygen atoms in total. The van der Waals surface area contributed by atoms with E-state index in [1.807, 2.05) is 7.11 Å². The highest BCUT2D eigenvalue weighted by atomic mass is 79.9. The normalized spacial score (nSPS) is 26.0. The average molecular weight is 290 g/mol. The minimum atomic E-state index is 0.411. The summed E-state index contributed by atoms with van der Waals surface area (Å²) in [5.41, 5.74) is 0. The minimum Gasteiger partial charge on any atom is -0.380 e. The zero-order valence-electron chi connectivity index (χ0n) is 8.83. The molecule has 1 fully saturated rings. The average Bonchev–Trinajstić information content (AvgIpc) is 2.83. The van der Waals surface area contributed by atoms with Crippen LogP contribution in [0.3, 0.4) is 0 Å². The summed E-state index contributed by atoms with van der Waals surface area (Å²) in [6.45, 7) is 0.959. The van der Waals surface area contributed by atoms with E-state index in [2.05, 4.69) is 33.4 Å². The maximum atomic E-state index is 5.45. The smallest absolute Gasteiger partial charge is 0.0724 e. The second kappa shape index (κ2) is 5.43. The Morgan fingerprint density at radius 3 is 3.07 bits per heavy atom. The van der Waals surface area contributed by atoms with Crippen molar-refractivity contribution >= 4 is 27.3 Å². The molecule has 2 atom stereocenters. The Morgan fingerprint density at radius 2 is 2.40 bits per heavy atom. The van der Waals surface area contributed by atoms with Crippen molar-refractivity contribution in [2.45, 2.75) is 38.0 Å². The van der Waals surface area contributed by atoms with Crippen molar-refractivity contribution in [2.24, 2.45) is 0 Å². The lowest BCUT2D eigenvalue weighted by atomic mass is 10.2. The van der Waals surface area contributed by atoms with Crippen LogP contribution >= 0.6 is 27.3 Å². The van der Waals surface area contributed by atoms with Crippen LogP contribution in [0.1, 0.15) is 24.1 Å². The van der Waals surface area contributed by atoms with Gasteiger partial charge < -0.3 is 10.1 Å². The lowest BCUT2D eigenvalue weighted by Gasteiger charge is -2.19. The molecule has 0 aromatic carbocycles. The van der Waals surface area contributed by atoms with Crippen LogP contribution in [0, 0.1) is 0 Å². The SMILES string of the molecule is COC1CCCC1NCc1ccc(Br)s1. The third-order valence-corrected chi connectivity index (χ3v) is 4.55. The molecule has 2 rings (SSSR count). The summed E-state index contributed by atoms with van der Waals surface area (Å²) in [4.78, 5) is 1.38. The molecule has 0 spiro atoms. The Balaban J connectivity index is 1.82. The summed E-state index contributed by atoms with van der Waals surface area (Å²) in [6.07, 6.45) is 4.13. The van der Waals surface area contributed by atoms with Crippen LogP contribution in [0.5, 0.6) is 0 Å². The fraction of sp³-hybridized carbons (Fsp3) is 0.636. The van der Waals surface area contributed by atoms with E-state index in [-0.39, 0.29) is 0 Å². The van der Waals surface area contributed by atoms with Gasteiger partial charge in [0.1, 0.15) is 0 Å². The Hall–Kier alpha value is 0.1000. The molecule has 1 aliphatic carbocycles. The van der Waals surface area contributed by atoms with Crippen LogP contribution < -0.4 is 5.32 Å². The van der Waals surface area contributed by atoms with E-state index in [4.69, 9.17) is 4.74 Å². The molecule has 4 heteroatoms. The van der Waals surface area contributed by atoms with Crippen molar-refractivity contribution in [1.29, 1.82) is 0 Å². The number of hydrogen-bond acceptors (Lipinski definition) is 3. The zero-order valence-corrected chi connectivity index (χ0v) is 11.2. The van der Waals surface area contributed by atoms with E-state index in [1.54, 1.807) is 11.3 Å². The number of hydrogen-bond donors (Lipinski definition) is 1. The molecule has 1 aliphatic rings. The van der Waals surface area contributed by atoms with E-state index >= 15 is 0 Å². The molecule has 1 N–H and O–H groups in total. The maximum Gasteiger partial charge on any atom is 0.0724 e.